The fourth-order valence-electron chi connectivity index (χ4n) is 2.13. The number of hydrogen-bond acceptors (Lipinski definition) is 3. The minimum Gasteiger partial charge on any atom is -0.354 e. The first-order chi connectivity index (χ1) is 10.5. The Morgan fingerprint density at radius 3 is 2.39 bits per heavy atom. The van der Waals surface area contributed by atoms with Crippen LogP contribution >= 0.6 is 12.4 Å². The molecule has 0 aromatic heterocycles. The van der Waals surface area contributed by atoms with Gasteiger partial charge in [-0.05, 0) is 25.3 Å². The molecule has 2 amide bonds. The van der Waals surface area contributed by atoms with Gasteiger partial charge >= 0.3 is 0 Å². The Bertz CT molecular complexity index is 466. The number of carbonyl (C=O) groups is 2. The monoisotopic (exact) mass is 341 g/mol. The molecule has 2 atom stereocenters. The number of hydrogen-bond donors (Lipinski definition) is 3. The highest BCUT2D eigenvalue weighted by atomic mass is 35.5. The lowest BCUT2D eigenvalue weighted by Crippen LogP contribution is -2.47. The largest absolute Gasteiger partial charge is 0.354 e. The Morgan fingerprint density at radius 1 is 1.17 bits per heavy atom. The Morgan fingerprint density at radius 2 is 1.83 bits per heavy atom. The van der Waals surface area contributed by atoms with Crippen LogP contribution in [0.5, 0.6) is 0 Å². The van der Waals surface area contributed by atoms with Gasteiger partial charge in [-0.2, -0.15) is 0 Å². The molecule has 5 nitrogen and oxygen atoms in total. The fourth-order valence-corrected chi connectivity index (χ4v) is 2.13. The number of carbonyl (C=O) groups excluding carboxylic acids is 2. The number of nitrogens with one attached hydrogen (secondary N) is 2. The Labute approximate surface area is 144 Å². The molecule has 130 valence electrons. The van der Waals surface area contributed by atoms with Crippen molar-refractivity contribution in [2.24, 2.45) is 5.73 Å². The van der Waals surface area contributed by atoms with Crippen LogP contribution in [0.1, 0.15) is 38.7 Å². The highest BCUT2D eigenvalue weighted by molar-refractivity contribution is 5.88. The second-order valence-electron chi connectivity index (χ2n) is 5.63. The van der Waals surface area contributed by atoms with Crippen LogP contribution < -0.4 is 16.4 Å². The molecule has 6 heteroatoms. The first-order valence-corrected chi connectivity index (χ1v) is 7.89. The van der Waals surface area contributed by atoms with E-state index in [0.717, 1.165) is 18.4 Å². The smallest absolute Gasteiger partial charge is 0.242 e. The molecular formula is C17H28ClN3O2. The van der Waals surface area contributed by atoms with Gasteiger partial charge in [-0.1, -0.05) is 43.7 Å². The summed E-state index contributed by atoms with van der Waals surface area (Å²) in [5, 5.41) is 5.66. The second-order valence-corrected chi connectivity index (χ2v) is 5.63. The summed E-state index contributed by atoms with van der Waals surface area (Å²) in [5.41, 5.74) is 6.60. The van der Waals surface area contributed by atoms with Gasteiger partial charge in [-0.15, -0.1) is 12.4 Å². The van der Waals surface area contributed by atoms with Gasteiger partial charge in [0.2, 0.25) is 11.8 Å². The number of nitrogens with two attached hydrogens (primary N) is 1. The third-order valence-electron chi connectivity index (χ3n) is 3.34. The third kappa shape index (κ3) is 9.21. The van der Waals surface area contributed by atoms with Crippen molar-refractivity contribution >= 4 is 24.2 Å². The van der Waals surface area contributed by atoms with Crippen LogP contribution in [-0.4, -0.2) is 30.4 Å². The van der Waals surface area contributed by atoms with Crippen molar-refractivity contribution in [1.82, 2.24) is 10.6 Å². The molecule has 1 aromatic carbocycles. The summed E-state index contributed by atoms with van der Waals surface area (Å²) in [5.74, 6) is -0.268. The van der Waals surface area contributed by atoms with E-state index in [2.05, 4.69) is 10.6 Å². The molecule has 0 radical (unpaired) electrons. The first-order valence-electron chi connectivity index (χ1n) is 7.89. The van der Waals surface area contributed by atoms with Gasteiger partial charge in [0, 0.05) is 12.6 Å². The van der Waals surface area contributed by atoms with Crippen molar-refractivity contribution in [3.05, 3.63) is 35.9 Å². The lowest BCUT2D eigenvalue weighted by atomic mass is 10.1. The molecule has 4 N–H and O–H groups in total. The lowest BCUT2D eigenvalue weighted by Gasteiger charge is -2.18. The maximum absolute atomic E-state index is 12.1. The fraction of sp³-hybridized carbons (Fsp3) is 0.529. The molecule has 0 bridgehead atoms. The zero-order valence-corrected chi connectivity index (χ0v) is 14.7. The van der Waals surface area contributed by atoms with Gasteiger partial charge in [0.15, 0.2) is 0 Å². The van der Waals surface area contributed by atoms with Crippen molar-refractivity contribution in [2.75, 3.05) is 6.54 Å². The van der Waals surface area contributed by atoms with Crippen molar-refractivity contribution in [3.63, 3.8) is 0 Å². The van der Waals surface area contributed by atoms with Gasteiger partial charge in [-0.25, -0.2) is 0 Å². The second kappa shape index (κ2) is 11.9. The van der Waals surface area contributed by atoms with Crippen molar-refractivity contribution in [1.29, 1.82) is 0 Å². The van der Waals surface area contributed by atoms with E-state index in [4.69, 9.17) is 5.73 Å². The van der Waals surface area contributed by atoms with E-state index in [-0.39, 0.29) is 36.7 Å². The Kier molecular flexibility index (Phi) is 11.1. The molecule has 0 aliphatic carbocycles. The van der Waals surface area contributed by atoms with Crippen LogP contribution in [0.2, 0.25) is 0 Å². The van der Waals surface area contributed by atoms with Gasteiger partial charge in [0.1, 0.15) is 6.04 Å². The molecule has 0 spiro atoms. The Hall–Kier alpha value is -1.59. The normalized spacial score (nSPS) is 12.7. The van der Waals surface area contributed by atoms with Crippen LogP contribution in [0.3, 0.4) is 0 Å². The minimum absolute atomic E-state index is 0. The summed E-state index contributed by atoms with van der Waals surface area (Å²) in [4.78, 5) is 24.2. The van der Waals surface area contributed by atoms with Crippen LogP contribution in [0.15, 0.2) is 30.3 Å². The van der Waals surface area contributed by atoms with E-state index >= 15 is 0 Å². The molecule has 0 heterocycles. The highest BCUT2D eigenvalue weighted by Gasteiger charge is 2.19. The zero-order chi connectivity index (χ0) is 16.4. The summed E-state index contributed by atoms with van der Waals surface area (Å²) in [7, 11) is 0. The van der Waals surface area contributed by atoms with E-state index in [1.165, 1.54) is 0 Å². The predicted octanol–water partition coefficient (Wildman–Crippen LogP) is 1.79. The van der Waals surface area contributed by atoms with E-state index in [9.17, 15) is 9.59 Å². The Balaban J connectivity index is 0.00000484. The van der Waals surface area contributed by atoms with Crippen molar-refractivity contribution in [2.45, 2.75) is 51.6 Å². The maximum atomic E-state index is 12.1. The maximum Gasteiger partial charge on any atom is 0.242 e. The molecule has 1 rings (SSSR count). The standard InChI is InChI=1S/C17H27N3O2.ClH/c1-3-7-15(17(22)19-11-10-13(2)18)20-16(21)12-14-8-5-4-6-9-14;/h4-6,8-9,13,15H,3,7,10-12,18H2,1-2H3,(H,19,22)(H,20,21);1H. The van der Waals surface area contributed by atoms with Gasteiger partial charge in [0.05, 0.1) is 6.42 Å². The molecule has 1 aromatic rings. The van der Waals surface area contributed by atoms with E-state index in [1.807, 2.05) is 44.2 Å². The summed E-state index contributed by atoms with van der Waals surface area (Å²) in [6, 6.07) is 9.08. The van der Waals surface area contributed by atoms with Crippen molar-refractivity contribution in [3.8, 4) is 0 Å². The van der Waals surface area contributed by atoms with Crippen LogP contribution in [0.25, 0.3) is 0 Å². The average molecular weight is 342 g/mol. The molecule has 0 saturated carbocycles. The molecule has 0 fully saturated rings. The van der Waals surface area contributed by atoms with E-state index < -0.39 is 6.04 Å². The third-order valence-corrected chi connectivity index (χ3v) is 3.34. The molecule has 0 saturated heterocycles. The minimum atomic E-state index is -0.478. The van der Waals surface area contributed by atoms with Gasteiger partial charge in [0.25, 0.3) is 0 Å². The van der Waals surface area contributed by atoms with Crippen LogP contribution in [-0.2, 0) is 16.0 Å². The summed E-state index contributed by atoms with van der Waals surface area (Å²) in [6.07, 6.45) is 2.47. The lowest BCUT2D eigenvalue weighted by molar-refractivity contribution is -0.128. The number of rotatable bonds is 9. The van der Waals surface area contributed by atoms with Crippen LogP contribution in [0.4, 0.5) is 0 Å². The molecule has 2 unspecified atom stereocenters. The zero-order valence-electron chi connectivity index (χ0n) is 13.9. The molecule has 23 heavy (non-hydrogen) atoms. The summed E-state index contributed by atoms with van der Waals surface area (Å²) < 4.78 is 0. The number of benzene rings is 1. The quantitative estimate of drug-likeness (QED) is 0.640. The van der Waals surface area contributed by atoms with Gasteiger partial charge in [-0.3, -0.25) is 9.59 Å². The summed E-state index contributed by atoms with van der Waals surface area (Å²) in [6.45, 7) is 4.42. The first kappa shape index (κ1) is 21.4. The number of amides is 2. The average Bonchev–Trinajstić information content (AvgIpc) is 2.47. The van der Waals surface area contributed by atoms with E-state index in [1.54, 1.807) is 0 Å². The van der Waals surface area contributed by atoms with Crippen molar-refractivity contribution < 1.29 is 9.59 Å². The van der Waals surface area contributed by atoms with Gasteiger partial charge < -0.3 is 16.4 Å². The predicted molar refractivity (Wildman–Crippen MR) is 95.5 cm³/mol. The SMILES string of the molecule is CCCC(NC(=O)Cc1ccccc1)C(=O)NCCC(C)N.Cl. The topological polar surface area (TPSA) is 84.2 Å². The number of halogens is 1. The van der Waals surface area contributed by atoms with E-state index in [0.29, 0.717) is 13.0 Å². The molecular weight excluding hydrogens is 314 g/mol. The van der Waals surface area contributed by atoms with Crippen LogP contribution in [0, 0.1) is 0 Å². The summed E-state index contributed by atoms with van der Waals surface area (Å²) >= 11 is 0. The highest BCUT2D eigenvalue weighted by Crippen LogP contribution is 2.02. The molecule has 0 aliphatic rings. The molecule has 0 aliphatic heterocycles.